The van der Waals surface area contributed by atoms with E-state index in [-0.39, 0.29) is 36.2 Å². The van der Waals surface area contributed by atoms with Crippen LogP contribution in [0.1, 0.15) is 30.4 Å². The molecule has 2 aliphatic heterocycles. The SMILES string of the molecule is O=C(NC1CCN(C(=O)Nc2ccccc2)CC1)C1CC(=O)N(c2ccc3c(c2)Cc2ccccc2-3)C1. The molecule has 3 aromatic carbocycles. The fourth-order valence-electron chi connectivity index (χ4n) is 5.70. The average Bonchev–Trinajstić information content (AvgIpc) is 3.49. The first-order valence-corrected chi connectivity index (χ1v) is 13.0. The minimum atomic E-state index is -0.364. The standard InChI is InChI=1S/C30H30N4O3/c35-28-18-22(19-34(28)25-10-11-27-21(17-25)16-20-6-4-5-9-26(20)27)29(36)31-24-12-14-33(15-13-24)30(37)32-23-7-2-1-3-8-23/h1-11,17,22,24H,12-16,18-19H2,(H,31,36)(H,32,37). The normalized spacial score (nSPS) is 18.9. The lowest BCUT2D eigenvalue weighted by molar-refractivity contribution is -0.127. The Morgan fingerprint density at radius 2 is 1.57 bits per heavy atom. The highest BCUT2D eigenvalue weighted by Gasteiger charge is 2.37. The number of piperidine rings is 1. The fourth-order valence-corrected chi connectivity index (χ4v) is 5.70. The maximum atomic E-state index is 13.0. The summed E-state index contributed by atoms with van der Waals surface area (Å²) in [5.41, 5.74) is 6.66. The van der Waals surface area contributed by atoms with Crippen LogP contribution in [0.5, 0.6) is 0 Å². The number of hydrogen-bond donors (Lipinski definition) is 2. The Kier molecular flexibility index (Phi) is 6.12. The summed E-state index contributed by atoms with van der Waals surface area (Å²) in [6, 6.07) is 23.9. The molecule has 2 N–H and O–H groups in total. The Labute approximate surface area is 216 Å². The van der Waals surface area contributed by atoms with Gasteiger partial charge in [0.05, 0.1) is 5.92 Å². The number of nitrogens with one attached hydrogen (secondary N) is 2. The Morgan fingerprint density at radius 3 is 2.38 bits per heavy atom. The van der Waals surface area contributed by atoms with Crippen LogP contribution in [0.25, 0.3) is 11.1 Å². The van der Waals surface area contributed by atoms with Gasteiger partial charge in [-0.15, -0.1) is 0 Å². The van der Waals surface area contributed by atoms with E-state index >= 15 is 0 Å². The Bertz CT molecular complexity index is 1350. The highest BCUT2D eigenvalue weighted by atomic mass is 16.2. The minimum Gasteiger partial charge on any atom is -0.353 e. The van der Waals surface area contributed by atoms with Crippen molar-refractivity contribution in [2.24, 2.45) is 5.92 Å². The number of nitrogens with zero attached hydrogens (tertiary/aromatic N) is 2. The predicted octanol–water partition coefficient (Wildman–Crippen LogP) is 4.42. The zero-order valence-corrected chi connectivity index (χ0v) is 20.7. The molecular weight excluding hydrogens is 464 g/mol. The predicted molar refractivity (Wildman–Crippen MR) is 143 cm³/mol. The number of rotatable bonds is 4. The molecule has 0 bridgehead atoms. The van der Waals surface area contributed by atoms with Crippen LogP contribution in [-0.4, -0.2) is 48.4 Å². The van der Waals surface area contributed by atoms with E-state index in [2.05, 4.69) is 47.0 Å². The zero-order chi connectivity index (χ0) is 25.4. The Hall–Kier alpha value is -4.13. The van der Waals surface area contributed by atoms with Crippen LogP contribution < -0.4 is 15.5 Å². The second kappa shape index (κ2) is 9.73. The third kappa shape index (κ3) is 4.69. The summed E-state index contributed by atoms with van der Waals surface area (Å²) in [5, 5.41) is 6.05. The van der Waals surface area contributed by atoms with Gasteiger partial charge in [-0.3, -0.25) is 9.59 Å². The van der Waals surface area contributed by atoms with Crippen molar-refractivity contribution in [2.75, 3.05) is 29.9 Å². The number of amides is 4. The summed E-state index contributed by atoms with van der Waals surface area (Å²) >= 11 is 0. The van der Waals surface area contributed by atoms with E-state index in [0.717, 1.165) is 17.8 Å². The first-order valence-electron chi connectivity index (χ1n) is 13.0. The van der Waals surface area contributed by atoms with Crippen molar-refractivity contribution in [1.29, 1.82) is 0 Å². The summed E-state index contributed by atoms with van der Waals surface area (Å²) in [5.74, 6) is -0.447. The molecule has 7 nitrogen and oxygen atoms in total. The molecule has 0 spiro atoms. The largest absolute Gasteiger partial charge is 0.353 e. The first kappa shape index (κ1) is 23.3. The maximum absolute atomic E-state index is 13.0. The molecule has 3 aromatic rings. The molecule has 1 aliphatic carbocycles. The molecule has 2 fully saturated rings. The number of hydrogen-bond acceptors (Lipinski definition) is 3. The number of para-hydroxylation sites is 1. The van der Waals surface area contributed by atoms with E-state index in [1.807, 2.05) is 36.4 Å². The average molecular weight is 495 g/mol. The number of likely N-dealkylation sites (tertiary alicyclic amines) is 1. The highest BCUT2D eigenvalue weighted by molar-refractivity contribution is 6.01. The first-order chi connectivity index (χ1) is 18.0. The van der Waals surface area contributed by atoms with Crippen molar-refractivity contribution in [3.8, 4) is 11.1 Å². The summed E-state index contributed by atoms with van der Waals surface area (Å²) in [6.45, 7) is 1.56. The van der Waals surface area contributed by atoms with Crippen LogP contribution in [0.2, 0.25) is 0 Å². The van der Waals surface area contributed by atoms with Gasteiger partial charge in [-0.05, 0) is 65.8 Å². The molecule has 3 aliphatic rings. The molecule has 4 amide bonds. The van der Waals surface area contributed by atoms with E-state index in [1.165, 1.54) is 22.3 Å². The zero-order valence-electron chi connectivity index (χ0n) is 20.7. The second-order valence-corrected chi connectivity index (χ2v) is 10.1. The minimum absolute atomic E-state index is 0.0101. The van der Waals surface area contributed by atoms with Crippen molar-refractivity contribution in [3.63, 3.8) is 0 Å². The van der Waals surface area contributed by atoms with Crippen LogP contribution in [0, 0.1) is 5.92 Å². The van der Waals surface area contributed by atoms with E-state index in [4.69, 9.17) is 0 Å². The van der Waals surface area contributed by atoms with Gasteiger partial charge >= 0.3 is 6.03 Å². The smallest absolute Gasteiger partial charge is 0.321 e. The molecular formula is C30H30N4O3. The van der Waals surface area contributed by atoms with Crippen LogP contribution in [0.4, 0.5) is 16.2 Å². The number of fused-ring (bicyclic) bond motifs is 3. The third-order valence-electron chi connectivity index (χ3n) is 7.74. The van der Waals surface area contributed by atoms with Gasteiger partial charge in [-0.2, -0.15) is 0 Å². The van der Waals surface area contributed by atoms with E-state index < -0.39 is 0 Å². The third-order valence-corrected chi connectivity index (χ3v) is 7.74. The van der Waals surface area contributed by atoms with Crippen molar-refractivity contribution >= 4 is 29.2 Å². The fraction of sp³-hybridized carbons (Fsp3) is 0.300. The number of carbonyl (C=O) groups excluding carboxylic acids is 3. The summed E-state index contributed by atoms with van der Waals surface area (Å²) < 4.78 is 0. The molecule has 0 saturated carbocycles. The summed E-state index contributed by atoms with van der Waals surface area (Å²) in [6.07, 6.45) is 2.49. The lowest BCUT2D eigenvalue weighted by Crippen LogP contribution is -2.49. The Balaban J connectivity index is 1.02. The quantitative estimate of drug-likeness (QED) is 0.441. The molecule has 0 aromatic heterocycles. The molecule has 37 heavy (non-hydrogen) atoms. The highest BCUT2D eigenvalue weighted by Crippen LogP contribution is 2.39. The van der Waals surface area contributed by atoms with E-state index in [9.17, 15) is 14.4 Å². The molecule has 6 rings (SSSR count). The monoisotopic (exact) mass is 494 g/mol. The van der Waals surface area contributed by atoms with Crippen molar-refractivity contribution in [3.05, 3.63) is 83.9 Å². The molecule has 2 heterocycles. The lowest BCUT2D eigenvalue weighted by atomic mass is 10.0. The number of anilines is 2. The summed E-state index contributed by atoms with van der Waals surface area (Å²) in [4.78, 5) is 42.0. The molecule has 188 valence electrons. The van der Waals surface area contributed by atoms with Gasteiger partial charge in [0.25, 0.3) is 0 Å². The number of urea groups is 1. The summed E-state index contributed by atoms with van der Waals surface area (Å²) in [7, 11) is 0. The van der Waals surface area contributed by atoms with Crippen LogP contribution in [-0.2, 0) is 16.0 Å². The van der Waals surface area contributed by atoms with Gasteiger partial charge in [0.1, 0.15) is 0 Å². The van der Waals surface area contributed by atoms with Gasteiger partial charge in [-0.25, -0.2) is 4.79 Å². The maximum Gasteiger partial charge on any atom is 0.321 e. The molecule has 2 saturated heterocycles. The lowest BCUT2D eigenvalue weighted by Gasteiger charge is -2.32. The molecule has 1 unspecified atom stereocenters. The van der Waals surface area contributed by atoms with E-state index in [1.54, 1.807) is 9.80 Å². The number of benzene rings is 3. The van der Waals surface area contributed by atoms with Gasteiger partial charge in [0, 0.05) is 43.5 Å². The van der Waals surface area contributed by atoms with Crippen LogP contribution in [0.15, 0.2) is 72.8 Å². The number of carbonyl (C=O) groups is 3. The van der Waals surface area contributed by atoms with Crippen LogP contribution in [0.3, 0.4) is 0 Å². The van der Waals surface area contributed by atoms with Crippen molar-refractivity contribution < 1.29 is 14.4 Å². The van der Waals surface area contributed by atoms with Gasteiger partial charge in [0.2, 0.25) is 11.8 Å². The molecule has 7 heteroatoms. The Morgan fingerprint density at radius 1 is 0.838 bits per heavy atom. The van der Waals surface area contributed by atoms with Gasteiger partial charge in [0.15, 0.2) is 0 Å². The van der Waals surface area contributed by atoms with Gasteiger partial charge < -0.3 is 20.4 Å². The van der Waals surface area contributed by atoms with Gasteiger partial charge in [-0.1, -0.05) is 48.5 Å². The molecule has 0 radical (unpaired) electrons. The van der Waals surface area contributed by atoms with Crippen molar-refractivity contribution in [1.82, 2.24) is 10.2 Å². The van der Waals surface area contributed by atoms with Crippen LogP contribution >= 0.6 is 0 Å². The second-order valence-electron chi connectivity index (χ2n) is 10.1. The van der Waals surface area contributed by atoms with E-state index in [0.29, 0.717) is 32.5 Å². The molecule has 1 atom stereocenters. The topological polar surface area (TPSA) is 81.8 Å². The van der Waals surface area contributed by atoms with Crippen molar-refractivity contribution in [2.45, 2.75) is 31.7 Å².